The van der Waals surface area contributed by atoms with E-state index in [4.69, 9.17) is 16.3 Å². The first-order chi connectivity index (χ1) is 13.3. The number of carbonyl (C=O) groups is 2. The lowest BCUT2D eigenvalue weighted by Crippen LogP contribution is -2.51. The van der Waals surface area contributed by atoms with E-state index in [1.165, 1.54) is 13.2 Å². The van der Waals surface area contributed by atoms with Crippen LogP contribution < -0.4 is 20.7 Å². The highest BCUT2D eigenvalue weighted by molar-refractivity contribution is 6.31. The third-order valence-electron chi connectivity index (χ3n) is 4.55. The van der Waals surface area contributed by atoms with Crippen LogP contribution in [-0.2, 0) is 4.79 Å². The Morgan fingerprint density at radius 1 is 1.29 bits per heavy atom. The van der Waals surface area contributed by atoms with Crippen LogP contribution in [0.2, 0.25) is 5.02 Å². The molecule has 0 unspecified atom stereocenters. The first-order valence-corrected chi connectivity index (χ1v) is 8.88. The van der Waals surface area contributed by atoms with Crippen LogP contribution in [0.25, 0.3) is 0 Å². The van der Waals surface area contributed by atoms with Crippen LogP contribution in [0.15, 0.2) is 48.7 Å². The van der Waals surface area contributed by atoms with E-state index in [1.54, 1.807) is 30.3 Å². The van der Waals surface area contributed by atoms with Crippen LogP contribution in [0, 0.1) is 12.8 Å². The molecule has 8 heteroatoms. The van der Waals surface area contributed by atoms with Gasteiger partial charge in [-0.1, -0.05) is 30.3 Å². The number of phenolic OH excluding ortho intramolecular Hbond substituents is 1. The van der Waals surface area contributed by atoms with Gasteiger partial charge in [0.15, 0.2) is 11.5 Å². The minimum Gasteiger partial charge on any atom is -0.504 e. The Morgan fingerprint density at radius 3 is 2.71 bits per heavy atom. The van der Waals surface area contributed by atoms with Crippen molar-refractivity contribution in [1.29, 1.82) is 0 Å². The molecule has 2 atom stereocenters. The van der Waals surface area contributed by atoms with Gasteiger partial charge in [-0.2, -0.15) is 0 Å². The fourth-order valence-electron chi connectivity index (χ4n) is 3.05. The Hall–Kier alpha value is -3.19. The predicted molar refractivity (Wildman–Crippen MR) is 107 cm³/mol. The molecule has 1 aliphatic heterocycles. The van der Waals surface area contributed by atoms with Gasteiger partial charge < -0.3 is 25.8 Å². The highest BCUT2D eigenvalue weighted by Crippen LogP contribution is 2.35. The number of anilines is 1. The number of carbonyl (C=O) groups excluding carboxylic acids is 2. The second-order valence-corrected chi connectivity index (χ2v) is 6.87. The largest absolute Gasteiger partial charge is 0.504 e. The van der Waals surface area contributed by atoms with Gasteiger partial charge in [-0.25, -0.2) is 4.79 Å². The number of hydrogen-bond acceptors (Lipinski definition) is 4. The van der Waals surface area contributed by atoms with Crippen molar-refractivity contribution in [3.8, 4) is 11.5 Å². The number of benzene rings is 2. The van der Waals surface area contributed by atoms with E-state index >= 15 is 0 Å². The van der Waals surface area contributed by atoms with Crippen molar-refractivity contribution < 1.29 is 19.4 Å². The first-order valence-electron chi connectivity index (χ1n) is 8.50. The molecule has 1 aliphatic rings. The molecular formula is C20H20ClN3O4. The van der Waals surface area contributed by atoms with Crippen molar-refractivity contribution >= 4 is 29.2 Å². The van der Waals surface area contributed by atoms with Crippen molar-refractivity contribution in [3.63, 3.8) is 0 Å². The van der Waals surface area contributed by atoms with Gasteiger partial charge in [-0.05, 0) is 42.3 Å². The summed E-state index contributed by atoms with van der Waals surface area (Å²) in [4.78, 5) is 25.0. The van der Waals surface area contributed by atoms with Gasteiger partial charge in [0.05, 0.1) is 13.2 Å². The van der Waals surface area contributed by atoms with Gasteiger partial charge in [0.1, 0.15) is 5.92 Å². The highest BCUT2D eigenvalue weighted by Gasteiger charge is 2.38. The number of nitrogens with one attached hydrogen (secondary N) is 3. The number of methoxy groups -OCH3 is 1. The lowest BCUT2D eigenvalue weighted by Gasteiger charge is -2.34. The fourth-order valence-corrected chi connectivity index (χ4v) is 3.23. The molecule has 7 nitrogen and oxygen atoms in total. The van der Waals surface area contributed by atoms with Crippen LogP contribution in [-0.4, -0.2) is 24.2 Å². The van der Waals surface area contributed by atoms with Crippen molar-refractivity contribution in [1.82, 2.24) is 10.6 Å². The number of rotatable bonds is 4. The minimum absolute atomic E-state index is 0.0411. The summed E-state index contributed by atoms with van der Waals surface area (Å²) >= 11 is 6.13. The molecule has 0 aliphatic carbocycles. The van der Waals surface area contributed by atoms with Crippen molar-refractivity contribution in [2.75, 3.05) is 12.4 Å². The van der Waals surface area contributed by atoms with Crippen LogP contribution in [0.4, 0.5) is 10.5 Å². The summed E-state index contributed by atoms with van der Waals surface area (Å²) in [5.41, 5.74) is 2.28. The molecule has 2 aromatic rings. The molecule has 0 bridgehead atoms. The monoisotopic (exact) mass is 401 g/mol. The third kappa shape index (κ3) is 3.89. The molecule has 0 spiro atoms. The molecule has 4 N–H and O–H groups in total. The number of ether oxygens (including phenoxy) is 1. The number of aromatic hydroxyl groups is 1. The molecule has 1 fully saturated rings. The zero-order valence-corrected chi connectivity index (χ0v) is 16.1. The van der Waals surface area contributed by atoms with E-state index < -0.39 is 18.0 Å². The SMILES string of the molecule is C=C1NC(=O)N[C@H](c2ccc(O)c(OC)c2)[C@H]1C(=O)Nc1ccc(C)c(Cl)c1. The topological polar surface area (TPSA) is 99.7 Å². The normalized spacial score (nSPS) is 18.8. The molecule has 1 heterocycles. The summed E-state index contributed by atoms with van der Waals surface area (Å²) in [6.07, 6.45) is 0. The second kappa shape index (κ2) is 7.82. The smallest absolute Gasteiger partial charge is 0.319 e. The van der Waals surface area contributed by atoms with Gasteiger partial charge in [-0.15, -0.1) is 0 Å². The standard InChI is InChI=1S/C20H20ClN3O4/c1-10-4-6-13(9-14(10)21)23-19(26)17-11(2)22-20(27)24-18(17)12-5-7-15(25)16(8-12)28-3/h4-9,17-18,25H,2H2,1,3H3,(H,23,26)(H2,22,24,27)/t17-,18+/m0/s1. The Balaban J connectivity index is 1.92. The van der Waals surface area contributed by atoms with E-state index in [2.05, 4.69) is 22.5 Å². The van der Waals surface area contributed by atoms with Crippen LogP contribution in [0.3, 0.4) is 0 Å². The Bertz CT molecular complexity index is 960. The highest BCUT2D eigenvalue weighted by atomic mass is 35.5. The lowest BCUT2D eigenvalue weighted by atomic mass is 9.88. The molecule has 0 radical (unpaired) electrons. The summed E-state index contributed by atoms with van der Waals surface area (Å²) in [6.45, 7) is 5.70. The zero-order chi connectivity index (χ0) is 20.4. The van der Waals surface area contributed by atoms with Crippen molar-refractivity contribution in [2.45, 2.75) is 13.0 Å². The summed E-state index contributed by atoms with van der Waals surface area (Å²) in [7, 11) is 1.42. The zero-order valence-electron chi connectivity index (χ0n) is 15.4. The van der Waals surface area contributed by atoms with Crippen molar-refractivity contribution in [2.24, 2.45) is 5.92 Å². The maximum Gasteiger partial charge on any atom is 0.319 e. The summed E-state index contributed by atoms with van der Waals surface area (Å²) in [5, 5.41) is 18.4. The Morgan fingerprint density at radius 2 is 2.04 bits per heavy atom. The Labute approximate surface area is 167 Å². The first kappa shape index (κ1) is 19.6. The summed E-state index contributed by atoms with van der Waals surface area (Å²) < 4.78 is 5.13. The molecule has 0 aromatic heterocycles. The maximum atomic E-state index is 13.0. The molecule has 3 rings (SSSR count). The summed E-state index contributed by atoms with van der Waals surface area (Å²) in [6, 6.07) is 8.67. The molecule has 3 amide bonds. The average Bonchev–Trinajstić information content (AvgIpc) is 2.64. The maximum absolute atomic E-state index is 13.0. The minimum atomic E-state index is -0.799. The van der Waals surface area contributed by atoms with Crippen molar-refractivity contribution in [3.05, 3.63) is 64.8 Å². The van der Waals surface area contributed by atoms with E-state index in [0.717, 1.165) is 5.56 Å². The molecule has 146 valence electrons. The third-order valence-corrected chi connectivity index (χ3v) is 4.96. The molecule has 1 saturated heterocycles. The number of hydrogen-bond donors (Lipinski definition) is 4. The van der Waals surface area contributed by atoms with Gasteiger partial charge in [0, 0.05) is 16.4 Å². The quantitative estimate of drug-likeness (QED) is 0.630. The number of aryl methyl sites for hydroxylation is 1. The number of urea groups is 1. The van der Waals surface area contributed by atoms with E-state index in [-0.39, 0.29) is 23.1 Å². The van der Waals surface area contributed by atoms with E-state index in [9.17, 15) is 14.7 Å². The van der Waals surface area contributed by atoms with Gasteiger partial charge in [-0.3, -0.25) is 4.79 Å². The molecule has 2 aromatic carbocycles. The van der Waals surface area contributed by atoms with Gasteiger partial charge in [0.2, 0.25) is 5.91 Å². The second-order valence-electron chi connectivity index (χ2n) is 6.46. The van der Waals surface area contributed by atoms with Gasteiger partial charge in [0.25, 0.3) is 0 Å². The number of amides is 3. The number of halogens is 1. The average molecular weight is 402 g/mol. The summed E-state index contributed by atoms with van der Waals surface area (Å²) in [5.74, 6) is -0.970. The fraction of sp³-hybridized carbons (Fsp3) is 0.200. The van der Waals surface area contributed by atoms with Crippen LogP contribution in [0.5, 0.6) is 11.5 Å². The van der Waals surface area contributed by atoms with E-state index in [1.807, 2.05) is 6.92 Å². The number of phenols is 1. The Kier molecular flexibility index (Phi) is 5.46. The molecule has 0 saturated carbocycles. The molecular weight excluding hydrogens is 382 g/mol. The van der Waals surface area contributed by atoms with E-state index in [0.29, 0.717) is 16.3 Å². The van der Waals surface area contributed by atoms with Crippen LogP contribution >= 0.6 is 11.6 Å². The predicted octanol–water partition coefficient (Wildman–Crippen LogP) is 3.49. The lowest BCUT2D eigenvalue weighted by molar-refractivity contribution is -0.119. The van der Waals surface area contributed by atoms with Gasteiger partial charge >= 0.3 is 6.03 Å². The van der Waals surface area contributed by atoms with Crippen LogP contribution in [0.1, 0.15) is 17.2 Å². The molecule has 28 heavy (non-hydrogen) atoms.